The Kier molecular flexibility index (Phi) is 6.20. The number of benzene rings is 2. The largest absolute Gasteiger partial charge is 0.441 e. The number of hydrogen-bond donors (Lipinski definition) is 1. The predicted octanol–water partition coefficient (Wildman–Crippen LogP) is 4.41. The first kappa shape index (κ1) is 17.9. The van der Waals surface area contributed by atoms with Gasteiger partial charge in [0, 0.05) is 24.4 Å². The van der Waals surface area contributed by atoms with Crippen LogP contribution >= 0.6 is 0 Å². The second-order valence-corrected chi connectivity index (χ2v) is 6.48. The van der Waals surface area contributed by atoms with E-state index in [1.54, 1.807) is 6.20 Å². The molecular weight excluding hydrogens is 324 g/mol. The Hall–Kier alpha value is -2.88. The van der Waals surface area contributed by atoms with Crippen LogP contribution in [0.1, 0.15) is 31.2 Å². The predicted molar refractivity (Wildman–Crippen MR) is 103 cm³/mol. The van der Waals surface area contributed by atoms with Gasteiger partial charge in [0.1, 0.15) is 0 Å². The Bertz CT molecular complexity index is 812. The third kappa shape index (κ3) is 5.31. The second-order valence-electron chi connectivity index (χ2n) is 6.48. The minimum atomic E-state index is 0.0324. The van der Waals surface area contributed by atoms with E-state index in [0.29, 0.717) is 18.7 Å². The highest BCUT2D eigenvalue weighted by Crippen LogP contribution is 2.20. The molecule has 0 fully saturated rings. The molecule has 0 spiro atoms. The summed E-state index contributed by atoms with van der Waals surface area (Å²) in [4.78, 5) is 16.4. The van der Waals surface area contributed by atoms with Crippen molar-refractivity contribution in [2.24, 2.45) is 0 Å². The van der Waals surface area contributed by atoms with Gasteiger partial charge in [-0.25, -0.2) is 4.98 Å². The average Bonchev–Trinajstić information content (AvgIpc) is 3.15. The maximum Gasteiger partial charge on any atom is 0.220 e. The molecule has 0 aliphatic heterocycles. The van der Waals surface area contributed by atoms with Crippen molar-refractivity contribution >= 4 is 5.91 Å². The number of aromatic nitrogens is 1. The van der Waals surface area contributed by atoms with Crippen LogP contribution in [0.5, 0.6) is 0 Å². The summed E-state index contributed by atoms with van der Waals surface area (Å²) in [7, 11) is 0. The highest BCUT2D eigenvalue weighted by molar-refractivity contribution is 5.76. The molecule has 0 aliphatic carbocycles. The number of amides is 1. The zero-order valence-electron chi connectivity index (χ0n) is 15.0. The molecule has 4 heteroatoms. The normalized spacial score (nSPS) is 11.9. The van der Waals surface area contributed by atoms with Crippen molar-refractivity contribution < 1.29 is 9.21 Å². The molecule has 0 radical (unpaired) electrons. The van der Waals surface area contributed by atoms with Crippen LogP contribution in [-0.4, -0.2) is 16.9 Å². The van der Waals surface area contributed by atoms with Gasteiger partial charge >= 0.3 is 0 Å². The highest BCUT2D eigenvalue weighted by Gasteiger charge is 2.11. The van der Waals surface area contributed by atoms with Crippen molar-refractivity contribution in [3.8, 4) is 11.3 Å². The molecule has 0 aliphatic rings. The van der Waals surface area contributed by atoms with Gasteiger partial charge in [0.05, 0.1) is 6.20 Å². The molecular formula is C22H24N2O2. The maximum absolute atomic E-state index is 12.1. The summed E-state index contributed by atoms with van der Waals surface area (Å²) < 4.78 is 5.74. The van der Waals surface area contributed by atoms with Gasteiger partial charge in [-0.3, -0.25) is 4.79 Å². The van der Waals surface area contributed by atoms with E-state index in [0.717, 1.165) is 24.2 Å². The molecule has 1 atom stereocenters. The lowest BCUT2D eigenvalue weighted by atomic mass is 10.1. The lowest BCUT2D eigenvalue weighted by molar-refractivity contribution is -0.121. The van der Waals surface area contributed by atoms with E-state index in [-0.39, 0.29) is 11.9 Å². The SMILES string of the molecule is C[C@H](CCc1ccccc1)NC(=O)CCc1ncc(-c2ccccc2)o1. The average molecular weight is 348 g/mol. The van der Waals surface area contributed by atoms with E-state index in [2.05, 4.69) is 22.4 Å². The molecule has 1 amide bonds. The summed E-state index contributed by atoms with van der Waals surface area (Å²) in [5.74, 6) is 1.36. The lowest BCUT2D eigenvalue weighted by Gasteiger charge is -2.13. The Morgan fingerprint density at radius 2 is 1.73 bits per heavy atom. The molecule has 0 unspecified atom stereocenters. The first-order valence-electron chi connectivity index (χ1n) is 9.04. The summed E-state index contributed by atoms with van der Waals surface area (Å²) in [6.07, 6.45) is 4.48. The molecule has 1 N–H and O–H groups in total. The maximum atomic E-state index is 12.1. The van der Waals surface area contributed by atoms with Crippen LogP contribution in [0.2, 0.25) is 0 Å². The first-order valence-corrected chi connectivity index (χ1v) is 9.04. The van der Waals surface area contributed by atoms with E-state index in [4.69, 9.17) is 4.42 Å². The van der Waals surface area contributed by atoms with Crippen LogP contribution in [0.3, 0.4) is 0 Å². The van der Waals surface area contributed by atoms with Crippen LogP contribution in [-0.2, 0) is 17.6 Å². The zero-order chi connectivity index (χ0) is 18.2. The van der Waals surface area contributed by atoms with E-state index in [1.807, 2.05) is 55.5 Å². The fourth-order valence-corrected chi connectivity index (χ4v) is 2.83. The molecule has 1 heterocycles. The molecule has 26 heavy (non-hydrogen) atoms. The number of aryl methyl sites for hydroxylation is 2. The second kappa shape index (κ2) is 8.99. The fourth-order valence-electron chi connectivity index (χ4n) is 2.83. The monoisotopic (exact) mass is 348 g/mol. The molecule has 4 nitrogen and oxygen atoms in total. The van der Waals surface area contributed by atoms with Crippen molar-refractivity contribution in [3.05, 3.63) is 78.3 Å². The summed E-state index contributed by atoms with van der Waals surface area (Å²) in [6.45, 7) is 2.04. The summed E-state index contributed by atoms with van der Waals surface area (Å²) in [5, 5.41) is 3.05. The summed E-state index contributed by atoms with van der Waals surface area (Å²) >= 11 is 0. The van der Waals surface area contributed by atoms with Crippen LogP contribution in [0, 0.1) is 0 Å². The quantitative estimate of drug-likeness (QED) is 0.656. The standard InChI is InChI=1S/C22H24N2O2/c1-17(12-13-18-8-4-2-5-9-18)24-21(25)14-15-22-23-16-20(26-22)19-10-6-3-7-11-19/h2-11,16-17H,12-15H2,1H3,(H,24,25)/t17-/m1/s1. The number of nitrogens with zero attached hydrogens (tertiary/aromatic N) is 1. The Morgan fingerprint density at radius 1 is 1.04 bits per heavy atom. The Labute approximate surface area is 154 Å². The summed E-state index contributed by atoms with van der Waals surface area (Å²) in [5.41, 5.74) is 2.28. The summed E-state index contributed by atoms with van der Waals surface area (Å²) in [6, 6.07) is 20.3. The topological polar surface area (TPSA) is 55.1 Å². The Balaban J connectivity index is 1.42. The number of rotatable bonds is 8. The minimum absolute atomic E-state index is 0.0324. The third-order valence-corrected chi connectivity index (χ3v) is 4.29. The molecule has 3 rings (SSSR count). The van der Waals surface area contributed by atoms with Gasteiger partial charge in [-0.1, -0.05) is 60.7 Å². The van der Waals surface area contributed by atoms with E-state index in [9.17, 15) is 4.79 Å². The van der Waals surface area contributed by atoms with Crippen molar-refractivity contribution in [2.45, 2.75) is 38.6 Å². The number of carbonyl (C=O) groups excluding carboxylic acids is 1. The van der Waals surface area contributed by atoms with Gasteiger partial charge in [0.25, 0.3) is 0 Å². The van der Waals surface area contributed by atoms with Crippen molar-refractivity contribution in [1.82, 2.24) is 10.3 Å². The molecule has 0 bridgehead atoms. The van der Waals surface area contributed by atoms with Crippen molar-refractivity contribution in [2.75, 3.05) is 0 Å². The molecule has 134 valence electrons. The van der Waals surface area contributed by atoms with E-state index >= 15 is 0 Å². The van der Waals surface area contributed by atoms with Crippen molar-refractivity contribution in [3.63, 3.8) is 0 Å². The lowest BCUT2D eigenvalue weighted by Crippen LogP contribution is -2.33. The van der Waals surface area contributed by atoms with Gasteiger partial charge < -0.3 is 9.73 Å². The number of nitrogens with one attached hydrogen (secondary N) is 1. The van der Waals surface area contributed by atoms with Gasteiger partial charge in [-0.05, 0) is 25.3 Å². The van der Waals surface area contributed by atoms with E-state index < -0.39 is 0 Å². The van der Waals surface area contributed by atoms with Crippen LogP contribution < -0.4 is 5.32 Å². The van der Waals surface area contributed by atoms with Gasteiger partial charge in [-0.2, -0.15) is 0 Å². The molecule has 0 saturated heterocycles. The number of oxazole rings is 1. The minimum Gasteiger partial charge on any atom is -0.441 e. The number of hydrogen-bond acceptors (Lipinski definition) is 3. The van der Waals surface area contributed by atoms with Crippen LogP contribution in [0.25, 0.3) is 11.3 Å². The smallest absolute Gasteiger partial charge is 0.220 e. The Morgan fingerprint density at radius 3 is 2.46 bits per heavy atom. The van der Waals surface area contributed by atoms with Gasteiger partial charge in [-0.15, -0.1) is 0 Å². The fraction of sp³-hybridized carbons (Fsp3) is 0.273. The van der Waals surface area contributed by atoms with Gasteiger partial charge in [0.2, 0.25) is 5.91 Å². The van der Waals surface area contributed by atoms with E-state index in [1.165, 1.54) is 5.56 Å². The molecule has 0 saturated carbocycles. The van der Waals surface area contributed by atoms with Crippen LogP contribution in [0.15, 0.2) is 71.3 Å². The highest BCUT2D eigenvalue weighted by atomic mass is 16.4. The zero-order valence-corrected chi connectivity index (χ0v) is 15.0. The van der Waals surface area contributed by atoms with Crippen molar-refractivity contribution in [1.29, 1.82) is 0 Å². The van der Waals surface area contributed by atoms with Crippen LogP contribution in [0.4, 0.5) is 0 Å². The molecule has 2 aromatic carbocycles. The van der Waals surface area contributed by atoms with Gasteiger partial charge in [0.15, 0.2) is 11.7 Å². The molecule has 3 aromatic rings. The molecule has 1 aromatic heterocycles. The number of carbonyl (C=O) groups is 1. The first-order chi connectivity index (χ1) is 12.7. The third-order valence-electron chi connectivity index (χ3n) is 4.29.